The van der Waals surface area contributed by atoms with E-state index in [0.717, 1.165) is 38.0 Å². The van der Waals surface area contributed by atoms with Gasteiger partial charge in [-0.1, -0.05) is 11.6 Å². The van der Waals surface area contributed by atoms with E-state index in [0.29, 0.717) is 22.6 Å². The summed E-state index contributed by atoms with van der Waals surface area (Å²) in [6.45, 7) is 1.58. The van der Waals surface area contributed by atoms with Crippen LogP contribution in [-0.2, 0) is 11.3 Å². The van der Waals surface area contributed by atoms with Crippen LogP contribution in [0.5, 0.6) is 0 Å². The van der Waals surface area contributed by atoms with Crippen molar-refractivity contribution in [2.24, 2.45) is 0 Å². The number of hydrogen-bond acceptors (Lipinski definition) is 5. The van der Waals surface area contributed by atoms with Crippen LogP contribution in [0.1, 0.15) is 25.7 Å². The van der Waals surface area contributed by atoms with Gasteiger partial charge in [-0.25, -0.2) is 4.68 Å². The number of benzene rings is 1. The maximum absolute atomic E-state index is 6.04. The molecular weight excluding hydrogens is 290 g/mol. The fourth-order valence-electron chi connectivity index (χ4n) is 2.60. The number of ether oxygens (including phenoxy) is 1. The molecule has 1 aliphatic rings. The second-order valence-electron chi connectivity index (χ2n) is 5.28. The highest BCUT2D eigenvalue weighted by Crippen LogP contribution is 2.24. The fraction of sp³-hybridized carbons (Fsp3) is 0.500. The molecule has 0 spiro atoms. The molecule has 3 rings (SSSR count). The molecule has 0 amide bonds. The normalized spacial score (nSPS) is 18.8. The topological polar surface area (TPSA) is 78.9 Å². The first kappa shape index (κ1) is 14.3. The van der Waals surface area contributed by atoms with E-state index >= 15 is 0 Å². The van der Waals surface area contributed by atoms with Gasteiger partial charge in [0.1, 0.15) is 0 Å². The predicted molar refractivity (Wildman–Crippen MR) is 80.9 cm³/mol. The van der Waals surface area contributed by atoms with E-state index < -0.39 is 0 Å². The van der Waals surface area contributed by atoms with Crippen LogP contribution in [0.3, 0.4) is 0 Å². The Bertz CT molecular complexity index is 589. The maximum Gasteiger partial charge on any atom is 0.182 e. The van der Waals surface area contributed by atoms with Crippen LogP contribution in [0.15, 0.2) is 18.2 Å². The highest BCUT2D eigenvalue weighted by Gasteiger charge is 2.16. The Kier molecular flexibility index (Phi) is 4.36. The number of halogens is 1. The average Bonchev–Trinajstić information content (AvgIpc) is 2.93. The summed E-state index contributed by atoms with van der Waals surface area (Å²) in [5.74, 6) is 0.681. The van der Waals surface area contributed by atoms with Gasteiger partial charge in [0.05, 0.1) is 6.10 Å². The maximum atomic E-state index is 6.04. The summed E-state index contributed by atoms with van der Waals surface area (Å²) in [5, 5.41) is 12.5. The number of aryl methyl sites for hydroxylation is 1. The summed E-state index contributed by atoms with van der Waals surface area (Å²) in [6, 6.07) is 5.34. The van der Waals surface area contributed by atoms with Gasteiger partial charge < -0.3 is 10.5 Å². The summed E-state index contributed by atoms with van der Waals surface area (Å²) in [7, 11) is 0. The first-order valence-electron chi connectivity index (χ1n) is 7.16. The lowest BCUT2D eigenvalue weighted by Crippen LogP contribution is -2.21. The SMILES string of the molecule is Nc1cc(Cl)cc(-c2nnnn2CCC2CCCCO2)c1. The van der Waals surface area contributed by atoms with Crippen molar-refractivity contribution in [3.63, 3.8) is 0 Å². The van der Waals surface area contributed by atoms with Gasteiger partial charge in [-0.05, 0) is 54.3 Å². The van der Waals surface area contributed by atoms with Crippen molar-refractivity contribution in [3.8, 4) is 11.4 Å². The first-order valence-corrected chi connectivity index (χ1v) is 7.54. The molecule has 0 bridgehead atoms. The summed E-state index contributed by atoms with van der Waals surface area (Å²) < 4.78 is 7.52. The fourth-order valence-corrected chi connectivity index (χ4v) is 2.85. The zero-order valence-electron chi connectivity index (χ0n) is 11.7. The number of nitrogens with two attached hydrogens (primary N) is 1. The highest BCUT2D eigenvalue weighted by molar-refractivity contribution is 6.31. The number of aromatic nitrogens is 4. The van der Waals surface area contributed by atoms with Gasteiger partial charge in [0.15, 0.2) is 5.82 Å². The summed E-state index contributed by atoms with van der Waals surface area (Å²) in [6.07, 6.45) is 4.72. The molecule has 1 atom stereocenters. The van der Waals surface area contributed by atoms with Crippen molar-refractivity contribution in [2.45, 2.75) is 38.3 Å². The largest absolute Gasteiger partial charge is 0.399 e. The smallest absolute Gasteiger partial charge is 0.182 e. The lowest BCUT2D eigenvalue weighted by molar-refractivity contribution is 0.00828. The minimum Gasteiger partial charge on any atom is -0.399 e. The zero-order valence-corrected chi connectivity index (χ0v) is 12.5. The Morgan fingerprint density at radius 1 is 1.33 bits per heavy atom. The molecule has 2 aromatic rings. The number of nitrogen functional groups attached to an aromatic ring is 1. The van der Waals surface area contributed by atoms with Crippen molar-refractivity contribution in [1.82, 2.24) is 20.2 Å². The lowest BCUT2D eigenvalue weighted by Gasteiger charge is -2.22. The molecule has 21 heavy (non-hydrogen) atoms. The molecule has 0 aliphatic carbocycles. The van der Waals surface area contributed by atoms with Crippen molar-refractivity contribution in [1.29, 1.82) is 0 Å². The third-order valence-corrected chi connectivity index (χ3v) is 3.87. The van der Waals surface area contributed by atoms with Gasteiger partial charge in [0, 0.05) is 29.4 Å². The van der Waals surface area contributed by atoms with Crippen LogP contribution >= 0.6 is 11.6 Å². The Balaban J connectivity index is 1.74. The van der Waals surface area contributed by atoms with Crippen LogP contribution in [0.25, 0.3) is 11.4 Å². The highest BCUT2D eigenvalue weighted by atomic mass is 35.5. The van der Waals surface area contributed by atoms with Gasteiger partial charge >= 0.3 is 0 Å². The van der Waals surface area contributed by atoms with Crippen LogP contribution < -0.4 is 5.73 Å². The lowest BCUT2D eigenvalue weighted by atomic mass is 10.1. The third kappa shape index (κ3) is 3.51. The predicted octanol–water partition coefficient (Wildman–Crippen LogP) is 2.53. The molecule has 1 aromatic heterocycles. The summed E-state index contributed by atoms with van der Waals surface area (Å²) in [4.78, 5) is 0. The standard InChI is InChI=1S/C14H18ClN5O/c15-11-7-10(8-12(16)9-11)14-17-18-19-20(14)5-4-13-3-1-2-6-21-13/h7-9,13H,1-6,16H2. The molecule has 1 aromatic carbocycles. The minimum absolute atomic E-state index is 0.306. The third-order valence-electron chi connectivity index (χ3n) is 3.65. The molecule has 1 fully saturated rings. The van der Waals surface area contributed by atoms with Crippen molar-refractivity contribution >= 4 is 17.3 Å². The number of nitrogens with zero attached hydrogens (tertiary/aromatic N) is 4. The Morgan fingerprint density at radius 2 is 2.24 bits per heavy atom. The molecule has 2 heterocycles. The molecule has 1 saturated heterocycles. The van der Waals surface area contributed by atoms with E-state index in [-0.39, 0.29) is 0 Å². The molecule has 6 nitrogen and oxygen atoms in total. The molecule has 1 aliphatic heterocycles. The molecule has 112 valence electrons. The summed E-state index contributed by atoms with van der Waals surface area (Å²) >= 11 is 6.04. The first-order chi connectivity index (χ1) is 10.2. The van der Waals surface area contributed by atoms with Crippen LogP contribution in [0.2, 0.25) is 5.02 Å². The van der Waals surface area contributed by atoms with Crippen molar-refractivity contribution < 1.29 is 4.74 Å². The average molecular weight is 308 g/mol. The second kappa shape index (κ2) is 6.41. The van der Waals surface area contributed by atoms with Crippen molar-refractivity contribution in [2.75, 3.05) is 12.3 Å². The second-order valence-corrected chi connectivity index (χ2v) is 5.71. The Morgan fingerprint density at radius 3 is 3.00 bits per heavy atom. The quantitative estimate of drug-likeness (QED) is 0.878. The van der Waals surface area contributed by atoms with E-state index in [9.17, 15) is 0 Å². The Labute approximate surface area is 128 Å². The van der Waals surface area contributed by atoms with E-state index in [1.807, 2.05) is 12.1 Å². The molecule has 7 heteroatoms. The number of tetrazole rings is 1. The van der Waals surface area contributed by atoms with E-state index in [2.05, 4.69) is 15.5 Å². The molecule has 0 radical (unpaired) electrons. The Hall–Kier alpha value is -1.66. The van der Waals surface area contributed by atoms with Crippen molar-refractivity contribution in [3.05, 3.63) is 23.2 Å². The number of hydrogen-bond donors (Lipinski definition) is 1. The van der Waals surface area contributed by atoms with Crippen LogP contribution in [0, 0.1) is 0 Å². The van der Waals surface area contributed by atoms with E-state index in [4.69, 9.17) is 22.1 Å². The van der Waals surface area contributed by atoms with E-state index in [1.54, 1.807) is 10.7 Å². The van der Waals surface area contributed by atoms with Gasteiger partial charge in [-0.2, -0.15) is 0 Å². The van der Waals surface area contributed by atoms with E-state index in [1.165, 1.54) is 6.42 Å². The molecular formula is C14H18ClN5O. The van der Waals surface area contributed by atoms with Gasteiger partial charge in [-0.15, -0.1) is 5.10 Å². The van der Waals surface area contributed by atoms with Gasteiger partial charge in [0.2, 0.25) is 0 Å². The molecule has 1 unspecified atom stereocenters. The zero-order chi connectivity index (χ0) is 14.7. The van der Waals surface area contributed by atoms with Crippen LogP contribution in [-0.4, -0.2) is 32.9 Å². The van der Waals surface area contributed by atoms with Gasteiger partial charge in [0.25, 0.3) is 0 Å². The molecule has 2 N–H and O–H groups in total. The van der Waals surface area contributed by atoms with Crippen LogP contribution in [0.4, 0.5) is 5.69 Å². The van der Waals surface area contributed by atoms with Gasteiger partial charge in [-0.3, -0.25) is 0 Å². The summed E-state index contributed by atoms with van der Waals surface area (Å²) in [5.41, 5.74) is 7.25. The molecule has 0 saturated carbocycles. The minimum atomic E-state index is 0.306. The monoisotopic (exact) mass is 307 g/mol. The number of rotatable bonds is 4. The number of anilines is 1.